The number of methoxy groups -OCH3 is 1. The summed E-state index contributed by atoms with van der Waals surface area (Å²) in [7, 11) is 1.56. The van der Waals surface area contributed by atoms with Crippen LogP contribution in [-0.4, -0.2) is 55.0 Å². The van der Waals surface area contributed by atoms with E-state index in [0.29, 0.717) is 50.3 Å². The number of nitrogens with zero attached hydrogens (tertiary/aromatic N) is 2. The molecule has 2 heterocycles. The van der Waals surface area contributed by atoms with Gasteiger partial charge >= 0.3 is 6.18 Å². The molecule has 2 amide bonds. The zero-order valence-corrected chi connectivity index (χ0v) is 18.0. The highest BCUT2D eigenvalue weighted by Crippen LogP contribution is 2.31. The molecule has 0 bridgehead atoms. The maximum absolute atomic E-state index is 12.7. The lowest BCUT2D eigenvalue weighted by Gasteiger charge is -2.32. The van der Waals surface area contributed by atoms with Crippen LogP contribution < -0.4 is 5.32 Å². The van der Waals surface area contributed by atoms with Gasteiger partial charge in [-0.1, -0.05) is 0 Å². The minimum atomic E-state index is -4.44. The second kappa shape index (κ2) is 10.1. The number of halogens is 3. The average Bonchev–Trinajstić information content (AvgIpc) is 2.78. The van der Waals surface area contributed by atoms with Crippen LogP contribution in [0.4, 0.5) is 13.2 Å². The Morgan fingerprint density at radius 3 is 2.38 bits per heavy atom. The molecule has 1 aliphatic rings. The van der Waals surface area contributed by atoms with Crippen molar-refractivity contribution in [3.8, 4) is 0 Å². The normalized spacial score (nSPS) is 15.0. The third-order valence-electron chi connectivity index (χ3n) is 5.53. The number of carbonyl (C=O) groups excluding carboxylic acids is 2. The number of nitrogens with one attached hydrogen (secondary N) is 1. The van der Waals surface area contributed by atoms with Gasteiger partial charge in [0.2, 0.25) is 0 Å². The topological polar surface area (TPSA) is 71.5 Å². The van der Waals surface area contributed by atoms with Gasteiger partial charge in [-0.05, 0) is 56.2 Å². The molecule has 6 nitrogen and oxygen atoms in total. The predicted molar refractivity (Wildman–Crippen MR) is 113 cm³/mol. The number of likely N-dealkylation sites (tertiary alicyclic amines) is 1. The summed E-state index contributed by atoms with van der Waals surface area (Å²) in [6, 6.07) is 7.82. The van der Waals surface area contributed by atoms with Crippen LogP contribution >= 0.6 is 0 Å². The molecule has 0 atom stereocenters. The van der Waals surface area contributed by atoms with Gasteiger partial charge in [0.15, 0.2) is 0 Å². The molecular formula is C23H26F3N3O3. The number of benzene rings is 1. The van der Waals surface area contributed by atoms with Crippen LogP contribution in [-0.2, 0) is 10.9 Å². The van der Waals surface area contributed by atoms with E-state index in [1.54, 1.807) is 24.1 Å². The molecule has 0 aliphatic carbocycles. The predicted octanol–water partition coefficient (Wildman–Crippen LogP) is 3.80. The van der Waals surface area contributed by atoms with E-state index in [-0.39, 0.29) is 23.3 Å². The van der Waals surface area contributed by atoms with Crippen LogP contribution in [0.2, 0.25) is 0 Å². The summed E-state index contributed by atoms with van der Waals surface area (Å²) in [5.74, 6) is -0.505. The monoisotopic (exact) mass is 449 g/mol. The third-order valence-corrected chi connectivity index (χ3v) is 5.53. The van der Waals surface area contributed by atoms with Crippen molar-refractivity contribution in [2.75, 3.05) is 33.4 Å². The van der Waals surface area contributed by atoms with Crippen molar-refractivity contribution in [1.82, 2.24) is 15.2 Å². The summed E-state index contributed by atoms with van der Waals surface area (Å²) in [5, 5.41) is 2.81. The first-order chi connectivity index (χ1) is 15.2. The molecule has 32 heavy (non-hydrogen) atoms. The molecule has 0 saturated carbocycles. The molecule has 3 rings (SSSR count). The largest absolute Gasteiger partial charge is 0.416 e. The highest BCUT2D eigenvalue weighted by atomic mass is 19.4. The number of aryl methyl sites for hydroxylation is 1. The second-order valence-corrected chi connectivity index (χ2v) is 7.78. The summed E-state index contributed by atoms with van der Waals surface area (Å²) >= 11 is 0. The molecule has 0 radical (unpaired) electrons. The minimum absolute atomic E-state index is 0.00901. The maximum Gasteiger partial charge on any atom is 0.416 e. The van der Waals surface area contributed by atoms with Crippen molar-refractivity contribution < 1.29 is 27.5 Å². The van der Waals surface area contributed by atoms with Gasteiger partial charge in [0.1, 0.15) is 0 Å². The number of pyridine rings is 1. The lowest BCUT2D eigenvalue weighted by molar-refractivity contribution is -0.137. The lowest BCUT2D eigenvalue weighted by atomic mass is 9.89. The van der Waals surface area contributed by atoms with Gasteiger partial charge in [-0.2, -0.15) is 13.2 Å². The molecule has 1 saturated heterocycles. The number of hydrogen-bond acceptors (Lipinski definition) is 4. The molecular weight excluding hydrogens is 423 g/mol. The fourth-order valence-corrected chi connectivity index (χ4v) is 3.78. The maximum atomic E-state index is 12.7. The standard InChI is InChI=1S/C23H26F3N3O3/c1-15-3-8-19(21(30)27-11-14-32-2)20(28-15)16-9-12-29(13-10-16)22(31)17-4-6-18(7-5-17)23(24,25)26/h3-8,16H,9-14H2,1-2H3,(H,27,30). The number of ether oxygens (including phenoxy) is 1. The minimum Gasteiger partial charge on any atom is -0.383 e. The molecule has 9 heteroatoms. The van der Waals surface area contributed by atoms with Crippen LogP contribution in [0.3, 0.4) is 0 Å². The van der Waals surface area contributed by atoms with E-state index in [4.69, 9.17) is 4.74 Å². The summed E-state index contributed by atoms with van der Waals surface area (Å²) in [5.41, 5.74) is 1.47. The van der Waals surface area contributed by atoms with Crippen LogP contribution in [0.5, 0.6) is 0 Å². The number of alkyl halides is 3. The quantitative estimate of drug-likeness (QED) is 0.681. The SMILES string of the molecule is COCCNC(=O)c1ccc(C)nc1C1CCN(C(=O)c2ccc(C(F)(F)F)cc2)CC1. The number of piperidine rings is 1. The number of carbonyl (C=O) groups is 2. The highest BCUT2D eigenvalue weighted by Gasteiger charge is 2.31. The van der Waals surface area contributed by atoms with E-state index in [1.807, 2.05) is 6.92 Å². The average molecular weight is 449 g/mol. The van der Waals surface area contributed by atoms with Gasteiger partial charge in [-0.15, -0.1) is 0 Å². The first-order valence-electron chi connectivity index (χ1n) is 10.4. The Bertz CT molecular complexity index is 953. The number of amides is 2. The molecule has 1 aromatic heterocycles. The van der Waals surface area contributed by atoms with Gasteiger partial charge in [0.05, 0.1) is 23.4 Å². The van der Waals surface area contributed by atoms with Crippen molar-refractivity contribution in [2.45, 2.75) is 31.9 Å². The molecule has 1 aromatic carbocycles. The van der Waals surface area contributed by atoms with Crippen molar-refractivity contribution in [1.29, 1.82) is 0 Å². The van der Waals surface area contributed by atoms with Crippen LogP contribution in [0.1, 0.15) is 56.4 Å². The summed E-state index contributed by atoms with van der Waals surface area (Å²) in [4.78, 5) is 31.6. The first kappa shape index (κ1) is 23.7. The number of rotatable bonds is 6. The smallest absolute Gasteiger partial charge is 0.383 e. The fourth-order valence-electron chi connectivity index (χ4n) is 3.78. The Labute approximate surface area is 184 Å². The first-order valence-corrected chi connectivity index (χ1v) is 10.4. The van der Waals surface area contributed by atoms with Crippen LogP contribution in [0.15, 0.2) is 36.4 Å². The van der Waals surface area contributed by atoms with E-state index in [0.717, 1.165) is 17.8 Å². The third kappa shape index (κ3) is 5.64. The lowest BCUT2D eigenvalue weighted by Crippen LogP contribution is -2.38. The Kier molecular flexibility index (Phi) is 7.50. The van der Waals surface area contributed by atoms with E-state index >= 15 is 0 Å². The van der Waals surface area contributed by atoms with Gasteiger partial charge < -0.3 is 15.0 Å². The van der Waals surface area contributed by atoms with Gasteiger partial charge in [0.25, 0.3) is 11.8 Å². The van der Waals surface area contributed by atoms with Crippen molar-refractivity contribution in [3.05, 3.63) is 64.5 Å². The molecule has 1 N–H and O–H groups in total. The molecule has 0 spiro atoms. The Morgan fingerprint density at radius 2 is 1.78 bits per heavy atom. The Hall–Kier alpha value is -2.94. The zero-order valence-electron chi connectivity index (χ0n) is 18.0. The number of aromatic nitrogens is 1. The van der Waals surface area contributed by atoms with Gasteiger partial charge in [0, 0.05) is 43.9 Å². The summed E-state index contributed by atoms with van der Waals surface area (Å²) in [6.07, 6.45) is -3.21. The van der Waals surface area contributed by atoms with Crippen molar-refractivity contribution >= 4 is 11.8 Å². The molecule has 172 valence electrons. The Balaban J connectivity index is 1.67. The molecule has 1 fully saturated rings. The molecule has 0 unspecified atom stereocenters. The summed E-state index contributed by atoms with van der Waals surface area (Å²) in [6.45, 7) is 3.53. The van der Waals surface area contributed by atoms with Gasteiger partial charge in [-0.3, -0.25) is 14.6 Å². The van der Waals surface area contributed by atoms with Crippen LogP contribution in [0, 0.1) is 6.92 Å². The van der Waals surface area contributed by atoms with E-state index in [1.165, 1.54) is 12.1 Å². The van der Waals surface area contributed by atoms with Gasteiger partial charge in [-0.25, -0.2) is 0 Å². The summed E-state index contributed by atoms with van der Waals surface area (Å²) < 4.78 is 43.2. The number of hydrogen-bond donors (Lipinski definition) is 1. The zero-order chi connectivity index (χ0) is 23.3. The van der Waals surface area contributed by atoms with E-state index < -0.39 is 11.7 Å². The van der Waals surface area contributed by atoms with Crippen LogP contribution in [0.25, 0.3) is 0 Å². The van der Waals surface area contributed by atoms with Crippen molar-refractivity contribution in [3.63, 3.8) is 0 Å². The second-order valence-electron chi connectivity index (χ2n) is 7.78. The molecule has 2 aromatic rings. The van der Waals surface area contributed by atoms with Crippen molar-refractivity contribution in [2.24, 2.45) is 0 Å². The highest BCUT2D eigenvalue weighted by molar-refractivity contribution is 5.96. The fraction of sp³-hybridized carbons (Fsp3) is 0.435. The Morgan fingerprint density at radius 1 is 1.12 bits per heavy atom. The van der Waals surface area contributed by atoms with E-state index in [2.05, 4.69) is 10.3 Å². The molecule has 1 aliphatic heterocycles. The van der Waals surface area contributed by atoms with E-state index in [9.17, 15) is 22.8 Å².